The first-order valence-corrected chi connectivity index (χ1v) is 9.91. The fourth-order valence-corrected chi connectivity index (χ4v) is 4.70. The summed E-state index contributed by atoms with van der Waals surface area (Å²) in [5.74, 6) is -0.0108. The van der Waals surface area contributed by atoms with Crippen molar-refractivity contribution in [1.82, 2.24) is 0 Å². The molecule has 0 aliphatic carbocycles. The van der Waals surface area contributed by atoms with Gasteiger partial charge >= 0.3 is 0 Å². The summed E-state index contributed by atoms with van der Waals surface area (Å²) in [6.07, 6.45) is 1.23. The predicted molar refractivity (Wildman–Crippen MR) is 98.0 cm³/mol. The number of halogens is 2. The summed E-state index contributed by atoms with van der Waals surface area (Å²) in [4.78, 5) is 13.6. The van der Waals surface area contributed by atoms with Gasteiger partial charge in [0.15, 0.2) is 0 Å². The van der Waals surface area contributed by atoms with E-state index in [1.54, 1.807) is 35.2 Å². The van der Waals surface area contributed by atoms with Gasteiger partial charge in [0.05, 0.1) is 16.4 Å². The zero-order valence-corrected chi connectivity index (χ0v) is 15.7. The van der Waals surface area contributed by atoms with Gasteiger partial charge in [-0.15, -0.1) is 0 Å². The molecule has 0 unspecified atom stereocenters. The molecule has 3 rings (SSSR count). The van der Waals surface area contributed by atoms with E-state index in [1.165, 1.54) is 12.1 Å². The normalized spacial score (nSPS) is 14.9. The lowest BCUT2D eigenvalue weighted by atomic mass is 10.2. The number of carbonyl (C=O) groups is 1. The highest BCUT2D eigenvalue weighted by atomic mass is 79.9. The average molecular weight is 430 g/mol. The van der Waals surface area contributed by atoms with Crippen LogP contribution < -0.4 is 9.62 Å². The molecule has 0 spiro atoms. The Morgan fingerprint density at radius 2 is 1.92 bits per heavy atom. The van der Waals surface area contributed by atoms with E-state index in [-0.39, 0.29) is 15.8 Å². The van der Waals surface area contributed by atoms with Gasteiger partial charge in [-0.3, -0.25) is 9.52 Å². The minimum Gasteiger partial charge on any atom is -0.310 e. The van der Waals surface area contributed by atoms with Gasteiger partial charge in [0.25, 0.3) is 10.0 Å². The third kappa shape index (κ3) is 3.43. The number of sulfonamides is 1. The molecule has 1 saturated heterocycles. The first-order chi connectivity index (χ1) is 11.4. The molecule has 126 valence electrons. The first kappa shape index (κ1) is 17.3. The van der Waals surface area contributed by atoms with Crippen LogP contribution in [0.25, 0.3) is 0 Å². The molecule has 2 aromatic rings. The molecular formula is C16H14BrClN2O3S. The van der Waals surface area contributed by atoms with Crippen LogP contribution in [0.2, 0.25) is 5.02 Å². The van der Waals surface area contributed by atoms with Crippen molar-refractivity contribution in [3.05, 3.63) is 52.0 Å². The van der Waals surface area contributed by atoms with Gasteiger partial charge in [0, 0.05) is 17.4 Å². The number of anilines is 2. The van der Waals surface area contributed by atoms with E-state index in [1.807, 2.05) is 0 Å². The van der Waals surface area contributed by atoms with E-state index in [0.717, 1.165) is 6.42 Å². The molecule has 1 aliphatic heterocycles. The van der Waals surface area contributed by atoms with Crippen LogP contribution >= 0.6 is 27.5 Å². The zero-order chi connectivity index (χ0) is 17.3. The Kier molecular flexibility index (Phi) is 4.85. The number of amides is 1. The molecule has 24 heavy (non-hydrogen) atoms. The van der Waals surface area contributed by atoms with E-state index >= 15 is 0 Å². The smallest absolute Gasteiger partial charge is 0.263 e. The lowest BCUT2D eigenvalue weighted by Crippen LogP contribution is -2.25. The Bertz CT molecular complexity index is 902. The number of para-hydroxylation sites is 2. The van der Waals surface area contributed by atoms with Crippen molar-refractivity contribution in [2.45, 2.75) is 17.7 Å². The number of benzene rings is 2. The SMILES string of the molecule is O=C1CCCN1c1ccccc1NS(=O)(=O)c1ccc(Br)cc1Cl. The van der Waals surface area contributed by atoms with Gasteiger partial charge in [-0.1, -0.05) is 39.7 Å². The Hall–Kier alpha value is -1.57. The Labute approximate surface area is 153 Å². The molecule has 0 saturated carbocycles. The van der Waals surface area contributed by atoms with E-state index in [0.29, 0.717) is 28.8 Å². The van der Waals surface area contributed by atoms with E-state index in [2.05, 4.69) is 20.7 Å². The molecule has 2 aromatic carbocycles. The highest BCUT2D eigenvalue weighted by Crippen LogP contribution is 2.32. The molecule has 0 atom stereocenters. The Morgan fingerprint density at radius 3 is 2.58 bits per heavy atom. The third-order valence-electron chi connectivity index (χ3n) is 3.70. The topological polar surface area (TPSA) is 66.5 Å². The monoisotopic (exact) mass is 428 g/mol. The maximum Gasteiger partial charge on any atom is 0.263 e. The molecule has 1 fully saturated rings. The van der Waals surface area contributed by atoms with Crippen LogP contribution in [-0.2, 0) is 14.8 Å². The van der Waals surface area contributed by atoms with Crippen LogP contribution in [0.15, 0.2) is 51.8 Å². The molecule has 0 bridgehead atoms. The van der Waals surface area contributed by atoms with Crippen molar-refractivity contribution in [2.75, 3.05) is 16.2 Å². The van der Waals surface area contributed by atoms with Crippen molar-refractivity contribution < 1.29 is 13.2 Å². The summed E-state index contributed by atoms with van der Waals surface area (Å²) in [6.45, 7) is 0.580. The lowest BCUT2D eigenvalue weighted by molar-refractivity contribution is -0.117. The molecule has 5 nitrogen and oxygen atoms in total. The number of carbonyl (C=O) groups excluding carboxylic acids is 1. The van der Waals surface area contributed by atoms with Crippen LogP contribution in [-0.4, -0.2) is 20.9 Å². The van der Waals surface area contributed by atoms with Crippen molar-refractivity contribution in [3.63, 3.8) is 0 Å². The van der Waals surface area contributed by atoms with Gasteiger partial charge in [-0.2, -0.15) is 0 Å². The van der Waals surface area contributed by atoms with Crippen LogP contribution in [0.4, 0.5) is 11.4 Å². The summed E-state index contributed by atoms with van der Waals surface area (Å²) in [5.41, 5.74) is 0.906. The molecule has 8 heteroatoms. The third-order valence-corrected chi connectivity index (χ3v) is 6.04. The number of hydrogen-bond acceptors (Lipinski definition) is 3. The summed E-state index contributed by atoms with van der Waals surface area (Å²) >= 11 is 9.31. The minimum atomic E-state index is -3.87. The zero-order valence-electron chi connectivity index (χ0n) is 12.5. The average Bonchev–Trinajstić information content (AvgIpc) is 2.93. The molecule has 1 amide bonds. The highest BCUT2D eigenvalue weighted by Gasteiger charge is 2.26. The van der Waals surface area contributed by atoms with Crippen molar-refractivity contribution in [2.24, 2.45) is 0 Å². The van der Waals surface area contributed by atoms with E-state index in [4.69, 9.17) is 11.6 Å². The maximum atomic E-state index is 12.7. The largest absolute Gasteiger partial charge is 0.310 e. The molecule has 0 aromatic heterocycles. The van der Waals surface area contributed by atoms with Gasteiger partial charge in [-0.05, 0) is 36.8 Å². The lowest BCUT2D eigenvalue weighted by Gasteiger charge is -2.20. The number of rotatable bonds is 4. The first-order valence-electron chi connectivity index (χ1n) is 7.26. The quantitative estimate of drug-likeness (QED) is 0.798. The van der Waals surface area contributed by atoms with E-state index in [9.17, 15) is 13.2 Å². The molecule has 1 N–H and O–H groups in total. The fraction of sp³-hybridized carbons (Fsp3) is 0.188. The predicted octanol–water partition coefficient (Wildman–Crippen LogP) is 4.03. The molecule has 1 heterocycles. The number of hydrogen-bond donors (Lipinski definition) is 1. The van der Waals surface area contributed by atoms with Crippen molar-refractivity contribution in [3.8, 4) is 0 Å². The maximum absolute atomic E-state index is 12.7. The second-order valence-corrected chi connectivity index (χ2v) is 8.32. The summed E-state index contributed by atoms with van der Waals surface area (Å²) in [5, 5.41) is 0.117. The Morgan fingerprint density at radius 1 is 1.17 bits per heavy atom. The summed E-state index contributed by atoms with van der Waals surface area (Å²) < 4.78 is 28.6. The highest BCUT2D eigenvalue weighted by molar-refractivity contribution is 9.10. The van der Waals surface area contributed by atoms with Gasteiger partial charge in [-0.25, -0.2) is 8.42 Å². The van der Waals surface area contributed by atoms with Crippen LogP contribution in [0, 0.1) is 0 Å². The van der Waals surface area contributed by atoms with Crippen LogP contribution in [0.1, 0.15) is 12.8 Å². The van der Waals surface area contributed by atoms with Crippen molar-refractivity contribution >= 4 is 54.8 Å². The van der Waals surface area contributed by atoms with Gasteiger partial charge in [0.2, 0.25) is 5.91 Å². The fourth-order valence-electron chi connectivity index (χ4n) is 2.59. The summed E-state index contributed by atoms with van der Waals surface area (Å²) in [7, 11) is -3.87. The molecular weight excluding hydrogens is 416 g/mol. The van der Waals surface area contributed by atoms with E-state index < -0.39 is 10.0 Å². The van der Waals surface area contributed by atoms with Gasteiger partial charge < -0.3 is 4.90 Å². The van der Waals surface area contributed by atoms with Crippen LogP contribution in [0.3, 0.4) is 0 Å². The number of nitrogens with one attached hydrogen (secondary N) is 1. The second-order valence-electron chi connectivity index (χ2n) is 5.35. The molecule has 0 radical (unpaired) electrons. The van der Waals surface area contributed by atoms with Crippen molar-refractivity contribution in [1.29, 1.82) is 0 Å². The van der Waals surface area contributed by atoms with Gasteiger partial charge in [0.1, 0.15) is 4.90 Å². The Balaban J connectivity index is 1.97. The second kappa shape index (κ2) is 6.74. The number of nitrogens with zero attached hydrogens (tertiary/aromatic N) is 1. The minimum absolute atomic E-state index is 0.0108. The van der Waals surface area contributed by atoms with Crippen LogP contribution in [0.5, 0.6) is 0 Å². The summed E-state index contributed by atoms with van der Waals surface area (Å²) in [6, 6.07) is 11.4. The molecule has 1 aliphatic rings. The standard InChI is InChI=1S/C16H14BrClN2O3S/c17-11-7-8-15(12(18)10-11)24(22,23)19-13-4-1-2-5-14(13)20-9-3-6-16(20)21/h1-2,4-5,7-8,10,19H,3,6,9H2.